The average Bonchev–Trinajstić information content (AvgIpc) is 2.46. The maximum atomic E-state index is 12.0. The summed E-state index contributed by atoms with van der Waals surface area (Å²) in [6.07, 6.45) is 5.01. The molecule has 0 spiro atoms. The molecule has 1 atom stereocenters. The molecule has 0 aliphatic carbocycles. The SMILES string of the molecule is Cc1cccc(NC(=O)CN(C)CCC2CCCCN2)c1. The van der Waals surface area contributed by atoms with Crippen LogP contribution >= 0.6 is 0 Å². The van der Waals surface area contributed by atoms with Crippen LogP contribution in [-0.4, -0.2) is 43.5 Å². The van der Waals surface area contributed by atoms with Crippen LogP contribution in [0.5, 0.6) is 0 Å². The van der Waals surface area contributed by atoms with Gasteiger partial charge in [-0.1, -0.05) is 18.6 Å². The number of likely N-dealkylation sites (N-methyl/N-ethyl adjacent to an activating group) is 1. The third kappa shape index (κ3) is 5.86. The van der Waals surface area contributed by atoms with Crippen molar-refractivity contribution in [2.45, 2.75) is 38.6 Å². The zero-order valence-electron chi connectivity index (χ0n) is 13.2. The molecule has 0 radical (unpaired) electrons. The van der Waals surface area contributed by atoms with E-state index in [0.717, 1.165) is 30.8 Å². The van der Waals surface area contributed by atoms with Gasteiger partial charge < -0.3 is 10.6 Å². The number of hydrogen-bond donors (Lipinski definition) is 2. The van der Waals surface area contributed by atoms with Crippen LogP contribution in [-0.2, 0) is 4.79 Å². The molecule has 0 aromatic heterocycles. The van der Waals surface area contributed by atoms with Crippen molar-refractivity contribution in [1.29, 1.82) is 0 Å². The lowest BCUT2D eigenvalue weighted by Crippen LogP contribution is -2.38. The van der Waals surface area contributed by atoms with Gasteiger partial charge in [0.1, 0.15) is 0 Å². The highest BCUT2D eigenvalue weighted by Crippen LogP contribution is 2.11. The Kier molecular flexibility index (Phi) is 6.21. The number of aryl methyl sites for hydroxylation is 1. The number of nitrogens with zero attached hydrogens (tertiary/aromatic N) is 1. The van der Waals surface area contributed by atoms with Crippen molar-refractivity contribution >= 4 is 11.6 Å². The monoisotopic (exact) mass is 289 g/mol. The van der Waals surface area contributed by atoms with E-state index in [2.05, 4.69) is 15.5 Å². The summed E-state index contributed by atoms with van der Waals surface area (Å²) in [5.41, 5.74) is 2.03. The number of benzene rings is 1. The first-order chi connectivity index (χ1) is 10.1. The molecule has 1 amide bonds. The Bertz CT molecular complexity index is 455. The Morgan fingerprint density at radius 1 is 1.43 bits per heavy atom. The largest absolute Gasteiger partial charge is 0.325 e. The van der Waals surface area contributed by atoms with Gasteiger partial charge in [-0.15, -0.1) is 0 Å². The van der Waals surface area contributed by atoms with E-state index in [1.165, 1.54) is 19.3 Å². The van der Waals surface area contributed by atoms with Crippen LogP contribution in [0.1, 0.15) is 31.2 Å². The zero-order valence-corrected chi connectivity index (χ0v) is 13.2. The first kappa shape index (κ1) is 16.0. The van der Waals surface area contributed by atoms with Gasteiger partial charge in [-0.25, -0.2) is 0 Å². The predicted octanol–water partition coefficient (Wildman–Crippen LogP) is 2.40. The summed E-state index contributed by atoms with van der Waals surface area (Å²) in [6.45, 7) is 4.57. The summed E-state index contributed by atoms with van der Waals surface area (Å²) in [7, 11) is 2.01. The second kappa shape index (κ2) is 8.15. The van der Waals surface area contributed by atoms with Crippen molar-refractivity contribution in [1.82, 2.24) is 10.2 Å². The molecule has 2 rings (SSSR count). The van der Waals surface area contributed by atoms with Crippen LogP contribution in [0.4, 0.5) is 5.69 Å². The fourth-order valence-corrected chi connectivity index (χ4v) is 2.79. The van der Waals surface area contributed by atoms with Crippen molar-refractivity contribution in [2.24, 2.45) is 0 Å². The van der Waals surface area contributed by atoms with Crippen LogP contribution in [0.2, 0.25) is 0 Å². The molecule has 116 valence electrons. The molecule has 1 fully saturated rings. The second-order valence-corrected chi connectivity index (χ2v) is 6.09. The van der Waals surface area contributed by atoms with Gasteiger partial charge in [-0.3, -0.25) is 9.69 Å². The Morgan fingerprint density at radius 2 is 2.29 bits per heavy atom. The number of piperidine rings is 1. The number of carbonyl (C=O) groups is 1. The van der Waals surface area contributed by atoms with Gasteiger partial charge in [0.25, 0.3) is 0 Å². The lowest BCUT2D eigenvalue weighted by molar-refractivity contribution is -0.117. The lowest BCUT2D eigenvalue weighted by atomic mass is 10.0. The topological polar surface area (TPSA) is 44.4 Å². The number of rotatable bonds is 6. The predicted molar refractivity (Wildman–Crippen MR) is 87.6 cm³/mol. The summed E-state index contributed by atoms with van der Waals surface area (Å²) < 4.78 is 0. The van der Waals surface area contributed by atoms with Gasteiger partial charge in [0.15, 0.2) is 0 Å². The Morgan fingerprint density at radius 3 is 3.00 bits per heavy atom. The van der Waals surface area contributed by atoms with Gasteiger partial charge in [-0.05, 0) is 64.0 Å². The minimum Gasteiger partial charge on any atom is -0.325 e. The molecule has 1 aromatic carbocycles. The summed E-state index contributed by atoms with van der Waals surface area (Å²) in [5.74, 6) is 0.0553. The van der Waals surface area contributed by atoms with Crippen LogP contribution in [0.15, 0.2) is 24.3 Å². The van der Waals surface area contributed by atoms with Gasteiger partial charge in [0.2, 0.25) is 5.91 Å². The zero-order chi connectivity index (χ0) is 15.1. The Hall–Kier alpha value is -1.39. The van der Waals surface area contributed by atoms with Crippen LogP contribution in [0, 0.1) is 6.92 Å². The standard InChI is InChI=1S/C17H27N3O/c1-14-6-5-8-16(12-14)19-17(21)13-20(2)11-9-15-7-3-4-10-18-15/h5-6,8,12,15,18H,3-4,7,9-11,13H2,1-2H3,(H,19,21). The van der Waals surface area contributed by atoms with Crippen molar-refractivity contribution in [2.75, 3.05) is 32.0 Å². The number of amides is 1. The molecular formula is C17H27N3O. The summed E-state index contributed by atoms with van der Waals surface area (Å²) >= 11 is 0. The van der Waals surface area contributed by atoms with E-state index in [0.29, 0.717) is 12.6 Å². The molecule has 1 heterocycles. The Labute approximate surface area is 127 Å². The van der Waals surface area contributed by atoms with E-state index in [1.807, 2.05) is 38.2 Å². The number of nitrogens with one attached hydrogen (secondary N) is 2. The van der Waals surface area contributed by atoms with E-state index in [1.54, 1.807) is 0 Å². The quantitative estimate of drug-likeness (QED) is 0.845. The molecule has 1 aliphatic rings. The van der Waals surface area contributed by atoms with Crippen molar-refractivity contribution < 1.29 is 4.79 Å². The smallest absolute Gasteiger partial charge is 0.238 e. The number of hydrogen-bond acceptors (Lipinski definition) is 3. The van der Waals surface area contributed by atoms with Crippen molar-refractivity contribution in [3.05, 3.63) is 29.8 Å². The van der Waals surface area contributed by atoms with E-state index in [-0.39, 0.29) is 5.91 Å². The normalized spacial score (nSPS) is 18.7. The van der Waals surface area contributed by atoms with Crippen LogP contribution in [0.3, 0.4) is 0 Å². The van der Waals surface area contributed by atoms with Crippen LogP contribution in [0.25, 0.3) is 0 Å². The van der Waals surface area contributed by atoms with Crippen molar-refractivity contribution in [3.63, 3.8) is 0 Å². The highest BCUT2D eigenvalue weighted by Gasteiger charge is 2.14. The first-order valence-corrected chi connectivity index (χ1v) is 7.92. The molecule has 1 saturated heterocycles. The van der Waals surface area contributed by atoms with E-state index in [9.17, 15) is 4.79 Å². The fourth-order valence-electron chi connectivity index (χ4n) is 2.79. The van der Waals surface area contributed by atoms with Crippen LogP contribution < -0.4 is 10.6 Å². The van der Waals surface area contributed by atoms with Gasteiger partial charge in [-0.2, -0.15) is 0 Å². The molecule has 0 bridgehead atoms. The number of carbonyl (C=O) groups excluding carboxylic acids is 1. The third-order valence-corrected chi connectivity index (χ3v) is 3.99. The molecule has 1 unspecified atom stereocenters. The molecule has 2 N–H and O–H groups in total. The second-order valence-electron chi connectivity index (χ2n) is 6.09. The molecular weight excluding hydrogens is 262 g/mol. The van der Waals surface area contributed by atoms with E-state index in [4.69, 9.17) is 0 Å². The molecule has 1 aliphatic heterocycles. The molecule has 0 saturated carbocycles. The third-order valence-electron chi connectivity index (χ3n) is 3.99. The highest BCUT2D eigenvalue weighted by atomic mass is 16.2. The van der Waals surface area contributed by atoms with E-state index >= 15 is 0 Å². The molecule has 4 nitrogen and oxygen atoms in total. The van der Waals surface area contributed by atoms with Gasteiger partial charge in [0.05, 0.1) is 6.54 Å². The minimum atomic E-state index is 0.0553. The lowest BCUT2D eigenvalue weighted by Gasteiger charge is -2.25. The van der Waals surface area contributed by atoms with Gasteiger partial charge >= 0.3 is 0 Å². The Balaban J connectivity index is 1.69. The maximum absolute atomic E-state index is 12.0. The van der Waals surface area contributed by atoms with E-state index < -0.39 is 0 Å². The molecule has 1 aromatic rings. The van der Waals surface area contributed by atoms with Gasteiger partial charge in [0, 0.05) is 11.7 Å². The first-order valence-electron chi connectivity index (χ1n) is 7.92. The van der Waals surface area contributed by atoms with Crippen molar-refractivity contribution in [3.8, 4) is 0 Å². The average molecular weight is 289 g/mol. The molecule has 4 heteroatoms. The highest BCUT2D eigenvalue weighted by molar-refractivity contribution is 5.92. The fraction of sp³-hybridized carbons (Fsp3) is 0.588. The molecule has 21 heavy (non-hydrogen) atoms. The number of anilines is 1. The summed E-state index contributed by atoms with van der Waals surface area (Å²) in [6, 6.07) is 8.53. The maximum Gasteiger partial charge on any atom is 0.238 e. The summed E-state index contributed by atoms with van der Waals surface area (Å²) in [4.78, 5) is 14.1. The summed E-state index contributed by atoms with van der Waals surface area (Å²) in [5, 5.41) is 6.50. The minimum absolute atomic E-state index is 0.0553.